The summed E-state index contributed by atoms with van der Waals surface area (Å²) in [6.07, 6.45) is 1.67. The van der Waals surface area contributed by atoms with Gasteiger partial charge in [0.25, 0.3) is 0 Å². The first kappa shape index (κ1) is 37.2. The Kier molecular flexibility index (Phi) is 13.0. The van der Waals surface area contributed by atoms with Gasteiger partial charge in [0.15, 0.2) is 11.6 Å². The van der Waals surface area contributed by atoms with Crippen LogP contribution in [0.1, 0.15) is 48.8 Å². The van der Waals surface area contributed by atoms with Crippen molar-refractivity contribution in [2.24, 2.45) is 5.73 Å². The summed E-state index contributed by atoms with van der Waals surface area (Å²) in [5.41, 5.74) is 7.96. The van der Waals surface area contributed by atoms with Crippen LogP contribution >= 0.6 is 12.4 Å². The fourth-order valence-electron chi connectivity index (χ4n) is 6.30. The third-order valence-electron chi connectivity index (χ3n) is 8.83. The van der Waals surface area contributed by atoms with Gasteiger partial charge in [-0.05, 0) is 73.4 Å². The molecule has 13 heteroatoms. The van der Waals surface area contributed by atoms with Crippen LogP contribution in [0.5, 0.6) is 5.75 Å². The number of nitrogens with one attached hydrogen (secondary N) is 1. The van der Waals surface area contributed by atoms with Crippen molar-refractivity contribution in [3.63, 3.8) is 0 Å². The van der Waals surface area contributed by atoms with Crippen LogP contribution in [0.2, 0.25) is 0 Å². The molecule has 0 radical (unpaired) electrons. The molecule has 0 saturated carbocycles. The van der Waals surface area contributed by atoms with Gasteiger partial charge < -0.3 is 25.6 Å². The van der Waals surface area contributed by atoms with Crippen LogP contribution in [-0.2, 0) is 33.8 Å². The van der Waals surface area contributed by atoms with Gasteiger partial charge in [0.2, 0.25) is 17.7 Å². The number of hydrogen-bond acceptors (Lipinski definition) is 6. The molecule has 2 heterocycles. The zero-order valence-corrected chi connectivity index (χ0v) is 27.6. The van der Waals surface area contributed by atoms with Crippen molar-refractivity contribution in [2.75, 3.05) is 13.1 Å². The number of carbonyl (C=O) groups is 3. The van der Waals surface area contributed by atoms with Crippen LogP contribution in [-0.4, -0.2) is 64.8 Å². The molecule has 3 N–H and O–H groups in total. The molecular weight excluding hydrogens is 659 g/mol. The molecule has 9 nitrogen and oxygen atoms in total. The number of halogens is 4. The van der Waals surface area contributed by atoms with Crippen molar-refractivity contribution in [1.82, 2.24) is 15.1 Å². The summed E-state index contributed by atoms with van der Waals surface area (Å²) >= 11 is 0. The van der Waals surface area contributed by atoms with Crippen molar-refractivity contribution in [1.29, 1.82) is 5.26 Å². The van der Waals surface area contributed by atoms with E-state index >= 15 is 0 Å². The van der Waals surface area contributed by atoms with Gasteiger partial charge in [0.05, 0.1) is 12.1 Å². The second-order valence-electron chi connectivity index (χ2n) is 12.3. The second-order valence-corrected chi connectivity index (χ2v) is 12.3. The maximum Gasteiger partial charge on any atom is 0.243 e. The van der Waals surface area contributed by atoms with E-state index in [-0.39, 0.29) is 37.2 Å². The number of nitriles is 1. The van der Waals surface area contributed by atoms with Gasteiger partial charge in [0, 0.05) is 31.6 Å². The van der Waals surface area contributed by atoms with E-state index in [9.17, 15) is 32.8 Å². The molecule has 3 aromatic rings. The summed E-state index contributed by atoms with van der Waals surface area (Å²) in [5.74, 6) is -4.37. The quantitative estimate of drug-likeness (QED) is 0.267. The van der Waals surface area contributed by atoms with E-state index in [1.807, 2.05) is 42.5 Å². The monoisotopic (exact) mass is 697 g/mol. The highest BCUT2D eigenvalue weighted by atomic mass is 35.5. The molecule has 0 spiro atoms. The Morgan fingerprint density at radius 1 is 0.898 bits per heavy atom. The highest BCUT2D eigenvalue weighted by molar-refractivity contribution is 5.91. The summed E-state index contributed by atoms with van der Waals surface area (Å²) in [6.45, 7) is 1.08. The predicted octanol–water partition coefficient (Wildman–Crippen LogP) is 4.60. The molecule has 5 rings (SSSR count). The molecule has 2 aliphatic rings. The van der Waals surface area contributed by atoms with Crippen LogP contribution in [0.15, 0.2) is 66.7 Å². The standard InChI is InChI=1S/C36H38F3N5O4.ClH/c37-29-20-31(39)30(38)18-25(29)17-26(19-34(45)43-14-4-8-27(43)21-40)42-35(46)33-9-5-15-44(33)36(47)32(41)16-23-10-12-28(13-11-23)48-22-24-6-2-1-3-7-24;/h1-3,6-7,10-13,18,20,26-27,32-33H,4-5,8-9,14-17,19,22,41H2,(H,42,46);1H. The number of carbonyl (C=O) groups excluding carboxylic acids is 3. The van der Waals surface area contributed by atoms with Gasteiger partial charge >= 0.3 is 0 Å². The Hall–Kier alpha value is -4.60. The summed E-state index contributed by atoms with van der Waals surface area (Å²) < 4.78 is 48.1. The maximum absolute atomic E-state index is 14.6. The van der Waals surface area contributed by atoms with E-state index in [4.69, 9.17) is 10.5 Å². The lowest BCUT2D eigenvalue weighted by molar-refractivity contribution is -0.140. The summed E-state index contributed by atoms with van der Waals surface area (Å²) in [4.78, 5) is 43.1. The van der Waals surface area contributed by atoms with Crippen molar-refractivity contribution >= 4 is 30.1 Å². The summed E-state index contributed by atoms with van der Waals surface area (Å²) in [6, 6.07) is 16.8. The number of hydrogen-bond donors (Lipinski definition) is 2. The molecule has 2 aliphatic heterocycles. The van der Waals surface area contributed by atoms with E-state index in [1.165, 1.54) is 9.80 Å². The Morgan fingerprint density at radius 3 is 2.29 bits per heavy atom. The van der Waals surface area contributed by atoms with Gasteiger partial charge in [-0.1, -0.05) is 42.5 Å². The van der Waals surface area contributed by atoms with E-state index in [0.717, 1.165) is 11.1 Å². The molecule has 0 aromatic heterocycles. The van der Waals surface area contributed by atoms with Gasteiger partial charge in [0.1, 0.15) is 30.3 Å². The molecule has 4 unspecified atom stereocenters. The van der Waals surface area contributed by atoms with Crippen LogP contribution in [0.25, 0.3) is 0 Å². The number of nitrogens with zero attached hydrogens (tertiary/aromatic N) is 3. The fourth-order valence-corrected chi connectivity index (χ4v) is 6.30. The normalized spacial score (nSPS) is 18.3. The second kappa shape index (κ2) is 17.2. The lowest BCUT2D eigenvalue weighted by atomic mass is 10.0. The molecular formula is C36H39ClF3N5O4. The van der Waals surface area contributed by atoms with Gasteiger partial charge in [-0.25, -0.2) is 13.2 Å². The van der Waals surface area contributed by atoms with Crippen molar-refractivity contribution in [2.45, 2.75) is 75.7 Å². The lowest BCUT2D eigenvalue weighted by Gasteiger charge is -2.29. The molecule has 3 aromatic carbocycles. The van der Waals surface area contributed by atoms with Crippen LogP contribution < -0.4 is 15.8 Å². The SMILES string of the molecule is Cl.N#CC1CCCN1C(=O)CC(Cc1cc(F)c(F)cc1F)NC(=O)C1CCCN1C(=O)C(N)Cc1ccc(OCc2ccccc2)cc1. The third kappa shape index (κ3) is 9.52. The first-order chi connectivity index (χ1) is 23.1. The number of amides is 3. The summed E-state index contributed by atoms with van der Waals surface area (Å²) in [5, 5.41) is 12.2. The molecule has 2 saturated heterocycles. The number of rotatable bonds is 12. The highest BCUT2D eigenvalue weighted by Gasteiger charge is 2.38. The molecule has 3 amide bonds. The highest BCUT2D eigenvalue weighted by Crippen LogP contribution is 2.23. The van der Waals surface area contributed by atoms with Crippen LogP contribution in [0, 0.1) is 28.8 Å². The zero-order chi connectivity index (χ0) is 34.2. The van der Waals surface area contributed by atoms with E-state index < -0.39 is 59.3 Å². The molecule has 49 heavy (non-hydrogen) atoms. The zero-order valence-electron chi connectivity index (χ0n) is 26.8. The minimum absolute atomic E-state index is 0. The van der Waals surface area contributed by atoms with Crippen LogP contribution in [0.3, 0.4) is 0 Å². The average Bonchev–Trinajstić information content (AvgIpc) is 3.77. The minimum atomic E-state index is -1.36. The molecule has 2 fully saturated rings. The Balaban J connectivity index is 0.00000541. The first-order valence-corrected chi connectivity index (χ1v) is 16.1. The van der Waals surface area contributed by atoms with Gasteiger partial charge in [-0.2, -0.15) is 5.26 Å². The Bertz CT molecular complexity index is 1660. The van der Waals surface area contributed by atoms with Crippen molar-refractivity contribution in [3.05, 3.63) is 101 Å². The minimum Gasteiger partial charge on any atom is -0.489 e. The van der Waals surface area contributed by atoms with Gasteiger partial charge in [-0.3, -0.25) is 14.4 Å². The number of likely N-dealkylation sites (tertiary alicyclic amines) is 2. The third-order valence-corrected chi connectivity index (χ3v) is 8.83. The summed E-state index contributed by atoms with van der Waals surface area (Å²) in [7, 11) is 0. The first-order valence-electron chi connectivity index (χ1n) is 16.1. The van der Waals surface area contributed by atoms with Crippen molar-refractivity contribution < 1.29 is 32.3 Å². The number of nitrogens with two attached hydrogens (primary N) is 1. The van der Waals surface area contributed by atoms with E-state index in [2.05, 4.69) is 11.4 Å². The maximum atomic E-state index is 14.6. The number of benzene rings is 3. The number of ether oxygens (including phenoxy) is 1. The topological polar surface area (TPSA) is 129 Å². The largest absolute Gasteiger partial charge is 0.489 e. The predicted molar refractivity (Wildman–Crippen MR) is 178 cm³/mol. The molecule has 0 bridgehead atoms. The van der Waals surface area contributed by atoms with Gasteiger partial charge in [-0.15, -0.1) is 12.4 Å². The Morgan fingerprint density at radius 2 is 1.57 bits per heavy atom. The van der Waals surface area contributed by atoms with Crippen molar-refractivity contribution in [3.8, 4) is 11.8 Å². The van der Waals surface area contributed by atoms with E-state index in [0.29, 0.717) is 63.3 Å². The fraction of sp³-hybridized carbons (Fsp3) is 0.389. The smallest absolute Gasteiger partial charge is 0.243 e. The molecule has 260 valence electrons. The lowest BCUT2D eigenvalue weighted by Crippen LogP contribution is -2.54. The average molecular weight is 698 g/mol. The van der Waals surface area contributed by atoms with Crippen LogP contribution in [0.4, 0.5) is 13.2 Å². The Labute approximate surface area is 289 Å². The van der Waals surface area contributed by atoms with E-state index in [1.54, 1.807) is 12.1 Å². The molecule has 4 atom stereocenters. The molecule has 0 aliphatic carbocycles.